The average Bonchev–Trinajstić information content (AvgIpc) is 2.84. The summed E-state index contributed by atoms with van der Waals surface area (Å²) in [4.78, 5) is 39.9. The Morgan fingerprint density at radius 3 is 2.33 bits per heavy atom. The van der Waals surface area contributed by atoms with Crippen LogP contribution in [0.1, 0.15) is 94.4 Å². The number of ether oxygens (including phenoxy) is 2. The molecule has 4 fully saturated rings. The fourth-order valence-electron chi connectivity index (χ4n) is 11.0. The van der Waals surface area contributed by atoms with Crippen molar-refractivity contribution in [3.8, 4) is 0 Å². The third kappa shape index (κ3) is 3.51. The molecule has 0 aromatic carbocycles. The number of carboxylic acids is 1. The van der Waals surface area contributed by atoms with E-state index >= 15 is 0 Å². The summed E-state index contributed by atoms with van der Waals surface area (Å²) in [6.45, 7) is 19.9. The largest absolute Gasteiger partial charge is 0.481 e. The van der Waals surface area contributed by atoms with E-state index in [4.69, 9.17) is 9.47 Å². The number of esters is 1. The molecule has 0 aromatic heterocycles. The number of aliphatic carboxylic acids is 1. The van der Waals surface area contributed by atoms with Crippen LogP contribution in [0.4, 0.5) is 0 Å². The number of carbonyl (C=O) groups is 3. The minimum Gasteiger partial charge on any atom is -0.481 e. The Morgan fingerprint density at radius 1 is 1.08 bits per heavy atom. The van der Waals surface area contributed by atoms with E-state index in [1.807, 2.05) is 13.0 Å². The predicted molar refractivity (Wildman–Crippen MR) is 149 cm³/mol. The van der Waals surface area contributed by atoms with Gasteiger partial charge in [-0.25, -0.2) is 0 Å². The van der Waals surface area contributed by atoms with Crippen LogP contribution in [-0.4, -0.2) is 42.1 Å². The highest BCUT2D eigenvalue weighted by Crippen LogP contribution is 2.74. The Hall–Kier alpha value is -1.69. The number of rotatable bonds is 4. The van der Waals surface area contributed by atoms with Crippen LogP contribution in [0.5, 0.6) is 0 Å². The Kier molecular flexibility index (Phi) is 6.58. The van der Waals surface area contributed by atoms with Gasteiger partial charge in [0, 0.05) is 29.1 Å². The van der Waals surface area contributed by atoms with Crippen molar-refractivity contribution in [3.05, 3.63) is 11.6 Å². The number of hydrogen-bond donors (Lipinski definition) is 1. The monoisotopic (exact) mass is 542 g/mol. The first-order valence-corrected chi connectivity index (χ1v) is 15.2. The minimum absolute atomic E-state index is 0.0320. The topological polar surface area (TPSA) is 89.9 Å². The molecule has 5 aliphatic rings. The van der Waals surface area contributed by atoms with E-state index in [9.17, 15) is 19.5 Å². The van der Waals surface area contributed by atoms with Crippen LogP contribution >= 0.6 is 0 Å². The first-order valence-electron chi connectivity index (χ1n) is 15.2. The first kappa shape index (κ1) is 28.8. The van der Waals surface area contributed by atoms with E-state index in [0.29, 0.717) is 31.5 Å². The molecule has 5 rings (SSSR count). The Bertz CT molecular complexity index is 1110. The molecule has 39 heavy (non-hydrogen) atoms. The molecule has 0 radical (unpaired) electrons. The van der Waals surface area contributed by atoms with Gasteiger partial charge in [-0.15, -0.1) is 0 Å². The summed E-state index contributed by atoms with van der Waals surface area (Å²) >= 11 is 0. The number of allylic oxidation sites excluding steroid dienone is 1. The van der Waals surface area contributed by atoms with Gasteiger partial charge in [0.05, 0.1) is 19.1 Å². The molecule has 11 atom stereocenters. The van der Waals surface area contributed by atoms with Gasteiger partial charge in [-0.2, -0.15) is 0 Å². The van der Waals surface area contributed by atoms with E-state index in [0.717, 1.165) is 31.3 Å². The molecule has 6 heteroatoms. The second-order valence-corrected chi connectivity index (χ2v) is 15.4. The van der Waals surface area contributed by atoms with Crippen LogP contribution in [0.25, 0.3) is 0 Å². The third-order valence-electron chi connectivity index (χ3n) is 13.9. The van der Waals surface area contributed by atoms with Crippen molar-refractivity contribution in [2.45, 2.75) is 101 Å². The Morgan fingerprint density at radius 2 is 1.74 bits per heavy atom. The lowest BCUT2D eigenvalue weighted by Gasteiger charge is -2.70. The van der Waals surface area contributed by atoms with Gasteiger partial charge in [-0.05, 0) is 72.7 Å². The SMILES string of the molecule is CC(=O)O[C@@H]1C[C@@]23COC[C@](C)([C@@H]2CC[C@H]2C3=CC(=O)[C@@]3(C)[C@H](C(=O)O)[C@@](C)([C@H](C)C(C)C)CC[C@]23C)[C@H]1C. The molecule has 1 N–H and O–H groups in total. The normalized spacial score (nSPS) is 49.7. The molecule has 0 unspecified atom stereocenters. The summed E-state index contributed by atoms with van der Waals surface area (Å²) < 4.78 is 12.3. The highest BCUT2D eigenvalue weighted by molar-refractivity contribution is 6.00. The van der Waals surface area contributed by atoms with Crippen LogP contribution < -0.4 is 0 Å². The second-order valence-electron chi connectivity index (χ2n) is 15.4. The smallest absolute Gasteiger partial charge is 0.308 e. The van der Waals surface area contributed by atoms with Gasteiger partial charge in [0.25, 0.3) is 0 Å². The van der Waals surface area contributed by atoms with Crippen molar-refractivity contribution in [1.82, 2.24) is 0 Å². The van der Waals surface area contributed by atoms with E-state index in [-0.39, 0.29) is 46.4 Å². The molecular weight excluding hydrogens is 492 g/mol. The summed E-state index contributed by atoms with van der Waals surface area (Å²) in [5, 5.41) is 10.8. The highest BCUT2D eigenvalue weighted by Gasteiger charge is 2.73. The molecule has 4 aliphatic carbocycles. The molecule has 1 saturated heterocycles. The van der Waals surface area contributed by atoms with Crippen molar-refractivity contribution in [1.29, 1.82) is 0 Å². The second kappa shape index (κ2) is 8.90. The number of carboxylic acid groups (broad SMARTS) is 1. The maximum absolute atomic E-state index is 14.6. The zero-order chi connectivity index (χ0) is 28.9. The van der Waals surface area contributed by atoms with Gasteiger partial charge in [0.1, 0.15) is 6.10 Å². The summed E-state index contributed by atoms with van der Waals surface area (Å²) in [5.74, 6) is -0.798. The van der Waals surface area contributed by atoms with Crippen molar-refractivity contribution in [2.75, 3.05) is 13.2 Å². The molecule has 1 aliphatic heterocycles. The standard InChI is InChI=1S/C33H50O6/c1-18(2)19(3)29(6)12-13-31(8)22-10-11-25-30(7)16-38-17-33(25,15-24(20(30)4)39-21(5)34)23(22)14-26(35)32(31,9)27(29)28(36)37/h14,18-20,22,24-25,27H,10-13,15-17H2,1-9H3,(H,36,37)/t19-,20+,22+,24-,25+,27-,29-,30+,31-,32+,33+/m1/s1. The lowest BCUT2D eigenvalue weighted by atomic mass is 9.34. The number of carbonyl (C=O) groups excluding carboxylic acids is 2. The fraction of sp³-hybridized carbons (Fsp3) is 0.848. The molecule has 3 saturated carbocycles. The third-order valence-corrected chi connectivity index (χ3v) is 13.9. The minimum atomic E-state index is -0.997. The van der Waals surface area contributed by atoms with Crippen molar-refractivity contribution < 1.29 is 29.0 Å². The molecule has 6 nitrogen and oxygen atoms in total. The van der Waals surface area contributed by atoms with Gasteiger partial charge in [0.2, 0.25) is 0 Å². The zero-order valence-corrected chi connectivity index (χ0v) is 25.6. The van der Waals surface area contributed by atoms with Crippen molar-refractivity contribution in [2.24, 2.45) is 62.6 Å². The van der Waals surface area contributed by atoms with E-state index in [1.54, 1.807) is 0 Å². The van der Waals surface area contributed by atoms with Gasteiger partial charge in [-0.1, -0.05) is 61.0 Å². The summed E-state index contributed by atoms with van der Waals surface area (Å²) in [6, 6.07) is 0. The molecule has 0 aromatic rings. The van der Waals surface area contributed by atoms with Crippen molar-refractivity contribution in [3.63, 3.8) is 0 Å². The van der Waals surface area contributed by atoms with E-state index in [1.165, 1.54) is 6.92 Å². The van der Waals surface area contributed by atoms with Gasteiger partial charge >= 0.3 is 11.9 Å². The summed E-state index contributed by atoms with van der Waals surface area (Å²) in [5.41, 5.74) is -1.31. The fourth-order valence-corrected chi connectivity index (χ4v) is 11.0. The molecular formula is C33H50O6. The van der Waals surface area contributed by atoms with Gasteiger partial charge in [0.15, 0.2) is 5.78 Å². The number of ketones is 1. The lowest BCUT2D eigenvalue weighted by molar-refractivity contribution is -0.237. The van der Waals surface area contributed by atoms with Crippen LogP contribution in [0.2, 0.25) is 0 Å². The number of hydrogen-bond acceptors (Lipinski definition) is 5. The lowest BCUT2D eigenvalue weighted by Crippen LogP contribution is -2.70. The van der Waals surface area contributed by atoms with Crippen LogP contribution in [0.3, 0.4) is 0 Å². The van der Waals surface area contributed by atoms with E-state index in [2.05, 4.69) is 48.5 Å². The van der Waals surface area contributed by atoms with Crippen LogP contribution in [-0.2, 0) is 23.9 Å². The molecule has 218 valence electrons. The molecule has 0 spiro atoms. The van der Waals surface area contributed by atoms with Crippen LogP contribution in [0, 0.1) is 62.6 Å². The van der Waals surface area contributed by atoms with E-state index < -0.39 is 28.1 Å². The van der Waals surface area contributed by atoms with Crippen LogP contribution in [0.15, 0.2) is 11.6 Å². The number of fused-ring (bicyclic) bond motifs is 3. The molecule has 1 heterocycles. The van der Waals surface area contributed by atoms with Gasteiger partial charge < -0.3 is 14.6 Å². The predicted octanol–water partition coefficient (Wildman–Crippen LogP) is 6.32. The Balaban J connectivity index is 1.67. The average molecular weight is 543 g/mol. The summed E-state index contributed by atoms with van der Waals surface area (Å²) in [7, 11) is 0. The highest BCUT2D eigenvalue weighted by atomic mass is 16.5. The molecule has 0 amide bonds. The zero-order valence-electron chi connectivity index (χ0n) is 25.6. The quantitative estimate of drug-likeness (QED) is 0.418. The first-order chi connectivity index (χ1) is 18.0. The molecule has 2 bridgehead atoms. The maximum Gasteiger partial charge on any atom is 0.308 e. The maximum atomic E-state index is 14.6. The summed E-state index contributed by atoms with van der Waals surface area (Å²) in [6.07, 6.45) is 5.92. The van der Waals surface area contributed by atoms with Gasteiger partial charge in [-0.3, -0.25) is 14.4 Å². The Labute approximate surface area is 234 Å². The van der Waals surface area contributed by atoms with Crippen molar-refractivity contribution >= 4 is 17.7 Å².